The van der Waals surface area contributed by atoms with Gasteiger partial charge in [0.15, 0.2) is 0 Å². The number of aromatic nitrogens is 1. The number of pyridine rings is 1. The van der Waals surface area contributed by atoms with Crippen LogP contribution in [-0.4, -0.2) is 86.7 Å². The fraction of sp³-hybridized carbons (Fsp3) is 0.333. The molecule has 0 radical (unpaired) electrons. The van der Waals surface area contributed by atoms with Crippen molar-refractivity contribution in [1.82, 2.24) is 15.2 Å². The molecule has 1 atom stereocenters. The third kappa shape index (κ3) is 5.68. The van der Waals surface area contributed by atoms with Crippen LogP contribution in [0.15, 0.2) is 67.0 Å². The highest BCUT2D eigenvalue weighted by Crippen LogP contribution is 2.29. The van der Waals surface area contributed by atoms with Gasteiger partial charge in [-0.3, -0.25) is 24.3 Å². The van der Waals surface area contributed by atoms with Crippen LogP contribution in [0, 0.1) is 0 Å². The fourth-order valence-corrected chi connectivity index (χ4v) is 5.17. The number of carbonyl (C=O) groups excluding carboxylic acids is 3. The van der Waals surface area contributed by atoms with Crippen LogP contribution in [0.1, 0.15) is 38.0 Å². The highest BCUT2D eigenvalue weighted by Gasteiger charge is 2.37. The van der Waals surface area contributed by atoms with Gasteiger partial charge in [-0.15, -0.1) is 0 Å². The number of nitrogens with one attached hydrogen (secondary N) is 1. The summed E-state index contributed by atoms with van der Waals surface area (Å²) in [5.74, 6) is -0.355. The highest BCUT2D eigenvalue weighted by atomic mass is 16.5. The maximum Gasteiger partial charge on any atom is 0.266 e. The number of anilines is 2. The molecule has 0 spiro atoms. The SMILES string of the molecule is CCOC(CNC(=O)c1ccc2c(c1)C(=O)N(c1cccnc1)C2=O)CN1CCN(c2ccccc2OC)CC1. The second-order valence-corrected chi connectivity index (χ2v) is 9.66. The monoisotopic (exact) mass is 543 g/mol. The number of para-hydroxylation sites is 2. The normalized spacial score (nSPS) is 16.1. The van der Waals surface area contributed by atoms with E-state index in [2.05, 4.69) is 26.2 Å². The summed E-state index contributed by atoms with van der Waals surface area (Å²) in [6.45, 7) is 6.93. The Morgan fingerprint density at radius 1 is 1.00 bits per heavy atom. The molecule has 10 nitrogen and oxygen atoms in total. The number of piperazine rings is 1. The Morgan fingerprint density at radius 3 is 2.50 bits per heavy atom. The molecule has 0 saturated carbocycles. The molecular weight excluding hydrogens is 510 g/mol. The number of methoxy groups -OCH3 is 1. The first-order chi connectivity index (χ1) is 19.5. The largest absolute Gasteiger partial charge is 0.495 e. The lowest BCUT2D eigenvalue weighted by Gasteiger charge is -2.38. The number of rotatable bonds is 10. The summed E-state index contributed by atoms with van der Waals surface area (Å²) < 4.78 is 11.5. The number of hydrogen-bond acceptors (Lipinski definition) is 8. The summed E-state index contributed by atoms with van der Waals surface area (Å²) in [5.41, 5.74) is 2.27. The second-order valence-electron chi connectivity index (χ2n) is 9.66. The van der Waals surface area contributed by atoms with E-state index in [1.165, 1.54) is 18.3 Å². The molecule has 1 fully saturated rings. The maximum atomic E-state index is 13.0. The Hall–Kier alpha value is -4.28. The molecule has 5 rings (SSSR count). The minimum absolute atomic E-state index is 0.189. The third-order valence-electron chi connectivity index (χ3n) is 7.21. The van der Waals surface area contributed by atoms with Gasteiger partial charge in [-0.05, 0) is 49.4 Å². The van der Waals surface area contributed by atoms with E-state index in [4.69, 9.17) is 9.47 Å². The van der Waals surface area contributed by atoms with Gasteiger partial charge in [0, 0.05) is 57.6 Å². The zero-order valence-corrected chi connectivity index (χ0v) is 22.7. The average molecular weight is 544 g/mol. The van der Waals surface area contributed by atoms with Gasteiger partial charge >= 0.3 is 0 Å². The molecule has 40 heavy (non-hydrogen) atoms. The van der Waals surface area contributed by atoms with Gasteiger partial charge in [0.25, 0.3) is 17.7 Å². The number of ether oxygens (including phenoxy) is 2. The number of amides is 3. The molecule has 1 aromatic heterocycles. The lowest BCUT2D eigenvalue weighted by Crippen LogP contribution is -2.50. The van der Waals surface area contributed by atoms with Crippen LogP contribution in [-0.2, 0) is 4.74 Å². The van der Waals surface area contributed by atoms with Gasteiger partial charge in [-0.2, -0.15) is 0 Å². The van der Waals surface area contributed by atoms with E-state index >= 15 is 0 Å². The van der Waals surface area contributed by atoms with Crippen LogP contribution in [0.2, 0.25) is 0 Å². The summed E-state index contributed by atoms with van der Waals surface area (Å²) in [6.07, 6.45) is 2.84. The van der Waals surface area contributed by atoms with Crippen LogP contribution in [0.25, 0.3) is 0 Å². The Bertz CT molecular complexity index is 1370. The lowest BCUT2D eigenvalue weighted by atomic mass is 10.1. The summed E-state index contributed by atoms with van der Waals surface area (Å²) in [7, 11) is 1.69. The Morgan fingerprint density at radius 2 is 1.77 bits per heavy atom. The molecule has 2 aliphatic heterocycles. The number of imide groups is 1. The lowest BCUT2D eigenvalue weighted by molar-refractivity contribution is 0.0318. The van der Waals surface area contributed by atoms with E-state index in [1.807, 2.05) is 25.1 Å². The maximum absolute atomic E-state index is 13.0. The number of fused-ring (bicyclic) bond motifs is 1. The second kappa shape index (κ2) is 12.3. The molecule has 3 amide bonds. The van der Waals surface area contributed by atoms with Gasteiger partial charge in [0.05, 0.1) is 41.9 Å². The van der Waals surface area contributed by atoms with Crippen molar-refractivity contribution in [3.8, 4) is 5.75 Å². The van der Waals surface area contributed by atoms with Crippen molar-refractivity contribution in [3.05, 3.63) is 83.7 Å². The molecule has 2 aromatic carbocycles. The van der Waals surface area contributed by atoms with Crippen molar-refractivity contribution in [2.45, 2.75) is 13.0 Å². The number of carbonyl (C=O) groups is 3. The summed E-state index contributed by atoms with van der Waals surface area (Å²) >= 11 is 0. The van der Waals surface area contributed by atoms with E-state index in [0.29, 0.717) is 30.9 Å². The summed E-state index contributed by atoms with van der Waals surface area (Å²) in [5, 5.41) is 2.95. The predicted molar refractivity (Wildman–Crippen MR) is 151 cm³/mol. The smallest absolute Gasteiger partial charge is 0.266 e. The van der Waals surface area contributed by atoms with Crippen LogP contribution in [0.4, 0.5) is 11.4 Å². The molecule has 1 N–H and O–H groups in total. The van der Waals surface area contributed by atoms with Gasteiger partial charge in [0.2, 0.25) is 0 Å². The standard InChI is InChI=1S/C30H33N5O5/c1-3-40-23(20-33-13-15-34(16-14-33)26-8-4-5-9-27(26)39-2)19-32-28(36)21-10-11-24-25(17-21)30(38)35(29(24)37)22-7-6-12-31-18-22/h4-12,17-18,23H,3,13-16,19-20H2,1-2H3,(H,32,36). The van der Waals surface area contributed by atoms with Crippen molar-refractivity contribution >= 4 is 29.1 Å². The fourth-order valence-electron chi connectivity index (χ4n) is 5.17. The van der Waals surface area contributed by atoms with Crippen molar-refractivity contribution in [1.29, 1.82) is 0 Å². The zero-order valence-electron chi connectivity index (χ0n) is 22.7. The quantitative estimate of drug-likeness (QED) is 0.390. The molecule has 2 aliphatic rings. The van der Waals surface area contributed by atoms with Gasteiger partial charge in [-0.25, -0.2) is 4.90 Å². The van der Waals surface area contributed by atoms with E-state index in [-0.39, 0.29) is 23.1 Å². The van der Waals surface area contributed by atoms with E-state index in [1.54, 1.807) is 31.5 Å². The zero-order chi connectivity index (χ0) is 28.1. The number of benzene rings is 2. The van der Waals surface area contributed by atoms with Crippen molar-refractivity contribution < 1.29 is 23.9 Å². The molecule has 1 saturated heterocycles. The van der Waals surface area contributed by atoms with Gasteiger partial charge < -0.3 is 19.7 Å². The van der Waals surface area contributed by atoms with Gasteiger partial charge in [0.1, 0.15) is 5.75 Å². The first-order valence-electron chi connectivity index (χ1n) is 13.4. The highest BCUT2D eigenvalue weighted by molar-refractivity contribution is 6.34. The third-order valence-corrected chi connectivity index (χ3v) is 7.21. The van der Waals surface area contributed by atoms with E-state index in [0.717, 1.165) is 42.5 Å². The van der Waals surface area contributed by atoms with E-state index < -0.39 is 11.8 Å². The molecule has 10 heteroatoms. The Balaban J connectivity index is 1.17. The summed E-state index contributed by atoms with van der Waals surface area (Å²) in [4.78, 5) is 48.6. The predicted octanol–water partition coefficient (Wildman–Crippen LogP) is 2.85. The molecule has 3 heterocycles. The molecule has 3 aromatic rings. The Kier molecular flexibility index (Phi) is 8.37. The first kappa shape index (κ1) is 27.3. The molecule has 1 unspecified atom stereocenters. The molecule has 0 aliphatic carbocycles. The van der Waals surface area contributed by atoms with Crippen molar-refractivity contribution in [3.63, 3.8) is 0 Å². The van der Waals surface area contributed by atoms with E-state index in [9.17, 15) is 14.4 Å². The Labute approximate surface area is 233 Å². The molecule has 0 bridgehead atoms. The summed E-state index contributed by atoms with van der Waals surface area (Å²) in [6, 6.07) is 15.9. The van der Waals surface area contributed by atoms with Gasteiger partial charge in [-0.1, -0.05) is 12.1 Å². The topological polar surface area (TPSA) is 104 Å². The molecular formula is C30H33N5O5. The first-order valence-corrected chi connectivity index (χ1v) is 13.4. The van der Waals surface area contributed by atoms with Crippen LogP contribution >= 0.6 is 0 Å². The van der Waals surface area contributed by atoms with Crippen molar-refractivity contribution in [2.24, 2.45) is 0 Å². The molecule has 208 valence electrons. The minimum atomic E-state index is -0.470. The van der Waals surface area contributed by atoms with Crippen LogP contribution in [0.5, 0.6) is 5.75 Å². The minimum Gasteiger partial charge on any atom is -0.495 e. The number of nitrogens with zero attached hydrogens (tertiary/aromatic N) is 4. The van der Waals surface area contributed by atoms with Crippen LogP contribution in [0.3, 0.4) is 0 Å². The number of hydrogen-bond donors (Lipinski definition) is 1. The average Bonchev–Trinajstić information content (AvgIpc) is 3.25. The van der Waals surface area contributed by atoms with Crippen LogP contribution < -0.4 is 19.9 Å². The van der Waals surface area contributed by atoms with Crippen molar-refractivity contribution in [2.75, 3.05) is 62.8 Å².